The van der Waals surface area contributed by atoms with Gasteiger partial charge in [0, 0.05) is 5.56 Å². The third-order valence-corrected chi connectivity index (χ3v) is 3.17. The Morgan fingerprint density at radius 3 is 2.65 bits per heavy atom. The Morgan fingerprint density at radius 2 is 2.10 bits per heavy atom. The molecule has 20 heavy (non-hydrogen) atoms. The number of hydrogen-bond acceptors (Lipinski definition) is 3. The molecule has 1 aliphatic rings. The van der Waals surface area contributed by atoms with E-state index in [-0.39, 0.29) is 11.3 Å². The van der Waals surface area contributed by atoms with Crippen LogP contribution in [0.3, 0.4) is 0 Å². The maximum atomic E-state index is 12.9. The fraction of sp³-hybridized carbons (Fsp3) is 0.462. The van der Waals surface area contributed by atoms with Gasteiger partial charge in [-0.05, 0) is 30.5 Å². The summed E-state index contributed by atoms with van der Waals surface area (Å²) < 4.78 is 44.1. The molecule has 3 N–H and O–H groups in total. The summed E-state index contributed by atoms with van der Waals surface area (Å²) in [5.41, 5.74) is 3.91. The summed E-state index contributed by atoms with van der Waals surface area (Å²) >= 11 is 0. The molecule has 0 atom stereocenters. The number of hydrogen-bond donors (Lipinski definition) is 2. The standard InChI is InChI=1S/C13H15F3N2O2/c14-13(15,16)11-7-9(20-6-5-8-1-2-8)3-4-10(11)12(17)18-19/h3-4,7-8,19H,1-2,5-6H2,(H2,17,18). The van der Waals surface area contributed by atoms with Gasteiger partial charge >= 0.3 is 6.18 Å². The van der Waals surface area contributed by atoms with Crippen molar-refractivity contribution in [3.8, 4) is 5.75 Å². The highest BCUT2D eigenvalue weighted by atomic mass is 19.4. The van der Waals surface area contributed by atoms with Crippen LogP contribution in [-0.4, -0.2) is 17.6 Å². The summed E-state index contributed by atoms with van der Waals surface area (Å²) in [7, 11) is 0. The van der Waals surface area contributed by atoms with Gasteiger partial charge < -0.3 is 15.7 Å². The third kappa shape index (κ3) is 3.55. The summed E-state index contributed by atoms with van der Waals surface area (Å²) in [6.45, 7) is 0.394. The van der Waals surface area contributed by atoms with Crippen LogP contribution in [0.2, 0.25) is 0 Å². The summed E-state index contributed by atoms with van der Waals surface area (Å²) in [5, 5.41) is 11.1. The number of halogens is 3. The van der Waals surface area contributed by atoms with Crippen molar-refractivity contribution in [2.75, 3.05) is 6.61 Å². The van der Waals surface area contributed by atoms with Crippen LogP contribution >= 0.6 is 0 Å². The van der Waals surface area contributed by atoms with Gasteiger partial charge in [0.05, 0.1) is 12.2 Å². The lowest BCUT2D eigenvalue weighted by Gasteiger charge is -2.14. The Morgan fingerprint density at radius 1 is 1.40 bits per heavy atom. The lowest BCUT2D eigenvalue weighted by Crippen LogP contribution is -2.20. The minimum Gasteiger partial charge on any atom is -0.494 e. The van der Waals surface area contributed by atoms with E-state index in [0.29, 0.717) is 12.5 Å². The van der Waals surface area contributed by atoms with Crippen molar-refractivity contribution < 1.29 is 23.1 Å². The minimum absolute atomic E-state index is 0.132. The molecule has 0 aromatic heterocycles. The summed E-state index contributed by atoms with van der Waals surface area (Å²) in [4.78, 5) is 0. The van der Waals surface area contributed by atoms with Crippen molar-refractivity contribution in [3.05, 3.63) is 29.3 Å². The van der Waals surface area contributed by atoms with Crippen LogP contribution in [0, 0.1) is 5.92 Å². The highest BCUT2D eigenvalue weighted by Gasteiger charge is 2.35. The van der Waals surface area contributed by atoms with Crippen molar-refractivity contribution in [1.82, 2.24) is 0 Å². The van der Waals surface area contributed by atoms with Crippen molar-refractivity contribution in [2.45, 2.75) is 25.4 Å². The maximum absolute atomic E-state index is 12.9. The molecule has 0 heterocycles. The zero-order valence-electron chi connectivity index (χ0n) is 10.7. The molecular weight excluding hydrogens is 273 g/mol. The largest absolute Gasteiger partial charge is 0.494 e. The molecule has 1 aromatic rings. The lowest BCUT2D eigenvalue weighted by molar-refractivity contribution is -0.137. The van der Waals surface area contributed by atoms with Crippen LogP contribution in [-0.2, 0) is 6.18 Å². The van der Waals surface area contributed by atoms with E-state index < -0.39 is 17.6 Å². The Bertz CT molecular complexity index is 511. The molecule has 0 saturated heterocycles. The van der Waals surface area contributed by atoms with Crippen molar-refractivity contribution in [2.24, 2.45) is 16.8 Å². The molecule has 7 heteroatoms. The number of alkyl halides is 3. The second-order valence-corrected chi connectivity index (χ2v) is 4.77. The van der Waals surface area contributed by atoms with Gasteiger partial charge in [-0.1, -0.05) is 18.0 Å². The van der Waals surface area contributed by atoms with E-state index in [1.54, 1.807) is 0 Å². The zero-order valence-corrected chi connectivity index (χ0v) is 10.7. The number of benzene rings is 1. The SMILES string of the molecule is N/C(=N/O)c1ccc(OCCC2CC2)cc1C(F)(F)F. The predicted molar refractivity (Wildman–Crippen MR) is 66.8 cm³/mol. The van der Waals surface area contributed by atoms with E-state index in [4.69, 9.17) is 15.7 Å². The summed E-state index contributed by atoms with van der Waals surface area (Å²) in [6.07, 6.45) is -1.41. The van der Waals surface area contributed by atoms with Gasteiger partial charge in [0.25, 0.3) is 0 Å². The van der Waals surface area contributed by atoms with Crippen molar-refractivity contribution in [3.63, 3.8) is 0 Å². The van der Waals surface area contributed by atoms with Crippen LogP contribution in [0.1, 0.15) is 30.4 Å². The average molecular weight is 288 g/mol. The maximum Gasteiger partial charge on any atom is 0.417 e. The van der Waals surface area contributed by atoms with E-state index >= 15 is 0 Å². The Labute approximate surface area is 114 Å². The highest BCUT2D eigenvalue weighted by Crippen LogP contribution is 2.35. The van der Waals surface area contributed by atoms with Gasteiger partial charge in [0.1, 0.15) is 5.75 Å². The number of nitrogens with two attached hydrogens (primary N) is 1. The molecule has 0 bridgehead atoms. The van der Waals surface area contributed by atoms with E-state index in [1.807, 2.05) is 0 Å². The van der Waals surface area contributed by atoms with Gasteiger partial charge in [-0.2, -0.15) is 13.2 Å². The van der Waals surface area contributed by atoms with Crippen LogP contribution in [0.4, 0.5) is 13.2 Å². The lowest BCUT2D eigenvalue weighted by atomic mass is 10.1. The van der Waals surface area contributed by atoms with Crippen LogP contribution < -0.4 is 10.5 Å². The molecule has 0 radical (unpaired) electrons. The first-order valence-corrected chi connectivity index (χ1v) is 6.23. The zero-order chi connectivity index (χ0) is 14.8. The average Bonchev–Trinajstić information content (AvgIpc) is 3.21. The van der Waals surface area contributed by atoms with Crippen molar-refractivity contribution >= 4 is 5.84 Å². The van der Waals surface area contributed by atoms with E-state index in [0.717, 1.165) is 18.6 Å². The van der Waals surface area contributed by atoms with Crippen LogP contribution in [0.5, 0.6) is 5.75 Å². The van der Waals surface area contributed by atoms with Gasteiger partial charge in [-0.25, -0.2) is 0 Å². The van der Waals surface area contributed by atoms with Gasteiger partial charge in [0.15, 0.2) is 5.84 Å². The summed E-state index contributed by atoms with van der Waals surface area (Å²) in [5.74, 6) is 0.197. The molecule has 1 aromatic carbocycles. The molecule has 1 saturated carbocycles. The topological polar surface area (TPSA) is 67.8 Å². The molecule has 110 valence electrons. The fourth-order valence-electron chi connectivity index (χ4n) is 1.87. The molecule has 2 rings (SSSR count). The summed E-state index contributed by atoms with van der Waals surface area (Å²) in [6, 6.07) is 3.40. The smallest absolute Gasteiger partial charge is 0.417 e. The van der Waals surface area contributed by atoms with E-state index in [1.165, 1.54) is 18.9 Å². The molecule has 4 nitrogen and oxygen atoms in total. The first-order valence-electron chi connectivity index (χ1n) is 6.23. The third-order valence-electron chi connectivity index (χ3n) is 3.17. The number of nitrogens with zero attached hydrogens (tertiary/aromatic N) is 1. The first-order chi connectivity index (χ1) is 9.41. The quantitative estimate of drug-likeness (QED) is 0.379. The fourth-order valence-corrected chi connectivity index (χ4v) is 1.87. The number of amidine groups is 1. The molecular formula is C13H15F3N2O2. The second-order valence-electron chi connectivity index (χ2n) is 4.77. The Hall–Kier alpha value is -1.92. The number of oxime groups is 1. The molecule has 0 unspecified atom stereocenters. The molecule has 1 aliphatic carbocycles. The Kier molecular flexibility index (Phi) is 4.06. The first kappa shape index (κ1) is 14.5. The Balaban J connectivity index is 2.18. The monoisotopic (exact) mass is 288 g/mol. The minimum atomic E-state index is -4.60. The van der Waals surface area contributed by atoms with Crippen molar-refractivity contribution in [1.29, 1.82) is 0 Å². The highest BCUT2D eigenvalue weighted by molar-refractivity contribution is 5.98. The predicted octanol–water partition coefficient (Wildman–Crippen LogP) is 2.98. The van der Waals surface area contributed by atoms with Gasteiger partial charge in [-0.3, -0.25) is 0 Å². The molecule has 0 aliphatic heterocycles. The molecule has 0 spiro atoms. The van der Waals surface area contributed by atoms with Crippen LogP contribution in [0.15, 0.2) is 23.4 Å². The molecule has 0 amide bonds. The van der Waals surface area contributed by atoms with Gasteiger partial charge in [-0.15, -0.1) is 0 Å². The van der Waals surface area contributed by atoms with Crippen LogP contribution in [0.25, 0.3) is 0 Å². The number of ether oxygens (including phenoxy) is 1. The number of rotatable bonds is 5. The normalized spacial score (nSPS) is 16.2. The molecule has 1 fully saturated rings. The van der Waals surface area contributed by atoms with E-state index in [2.05, 4.69) is 5.16 Å². The van der Waals surface area contributed by atoms with E-state index in [9.17, 15) is 13.2 Å². The van der Waals surface area contributed by atoms with Gasteiger partial charge in [0.2, 0.25) is 0 Å². The second kappa shape index (κ2) is 5.60.